The van der Waals surface area contributed by atoms with E-state index in [1.165, 1.54) is 24.7 Å². The van der Waals surface area contributed by atoms with Crippen molar-refractivity contribution in [1.29, 1.82) is 0 Å². The minimum atomic E-state index is -3.74. The summed E-state index contributed by atoms with van der Waals surface area (Å²) in [6.07, 6.45) is 1.79. The molecular weight excluding hydrogens is 342 g/mol. The summed E-state index contributed by atoms with van der Waals surface area (Å²) < 4.78 is 26.0. The minimum absolute atomic E-state index is 0.0293. The molecule has 1 aliphatic carbocycles. The van der Waals surface area contributed by atoms with Gasteiger partial charge >= 0.3 is 0 Å². The topological polar surface area (TPSA) is 92.6 Å². The molecule has 1 N–H and O–H groups in total. The van der Waals surface area contributed by atoms with Crippen molar-refractivity contribution in [1.82, 2.24) is 4.72 Å². The lowest BCUT2D eigenvalue weighted by Crippen LogP contribution is -2.24. The molecule has 0 aliphatic heterocycles. The Morgan fingerprint density at radius 3 is 2.64 bits per heavy atom. The summed E-state index contributed by atoms with van der Waals surface area (Å²) in [5, 5.41) is 11.5. The first-order valence-electron chi connectivity index (χ1n) is 7.88. The van der Waals surface area contributed by atoms with Gasteiger partial charge in [0.2, 0.25) is 10.0 Å². The summed E-state index contributed by atoms with van der Waals surface area (Å²) in [5.74, 6) is 0. The van der Waals surface area contributed by atoms with E-state index in [1.54, 1.807) is 7.05 Å². The molecule has 0 aromatic heterocycles. The van der Waals surface area contributed by atoms with Crippen LogP contribution in [0.15, 0.2) is 47.4 Å². The Morgan fingerprint density at radius 1 is 1.24 bits per heavy atom. The molecule has 3 rings (SSSR count). The maximum Gasteiger partial charge on any atom is 0.293 e. The summed E-state index contributed by atoms with van der Waals surface area (Å²) in [5.41, 5.74) is 2.59. The number of nitrogens with zero attached hydrogens (tertiary/aromatic N) is 2. The van der Waals surface area contributed by atoms with E-state index in [-0.39, 0.29) is 16.6 Å². The number of nitro groups is 1. The number of hydrogen-bond donors (Lipinski definition) is 1. The highest BCUT2D eigenvalue weighted by Gasteiger charge is 2.30. The van der Waals surface area contributed by atoms with Gasteiger partial charge in [-0.25, -0.2) is 13.1 Å². The highest BCUT2D eigenvalue weighted by Crippen LogP contribution is 2.40. The van der Waals surface area contributed by atoms with Gasteiger partial charge in [-0.2, -0.15) is 0 Å². The molecule has 2 aromatic rings. The zero-order chi connectivity index (χ0) is 18.2. The van der Waals surface area contributed by atoms with Crippen LogP contribution < -0.4 is 9.62 Å². The molecule has 25 heavy (non-hydrogen) atoms. The standard InChI is InChI=1S/C17H19N3O4S/c1-18-25(23,24)13-8-10-16(17(11-13)20(21)22)19(2)15-9-7-12-5-3-4-6-14(12)15/h3-6,8,10-11,15,18H,7,9H2,1-2H3/t15-/m1/s1. The van der Waals surface area contributed by atoms with Crippen molar-refractivity contribution in [3.05, 3.63) is 63.7 Å². The maximum atomic E-state index is 11.9. The lowest BCUT2D eigenvalue weighted by molar-refractivity contribution is -0.384. The van der Waals surface area contributed by atoms with E-state index in [0.717, 1.165) is 24.5 Å². The van der Waals surface area contributed by atoms with Crippen LogP contribution >= 0.6 is 0 Å². The number of benzene rings is 2. The Kier molecular flexibility index (Phi) is 4.49. The normalized spacial score (nSPS) is 16.5. The fraction of sp³-hybridized carbons (Fsp3) is 0.294. The summed E-state index contributed by atoms with van der Waals surface area (Å²) in [6.45, 7) is 0. The van der Waals surface area contributed by atoms with E-state index in [0.29, 0.717) is 5.69 Å². The molecule has 7 nitrogen and oxygen atoms in total. The van der Waals surface area contributed by atoms with E-state index in [2.05, 4.69) is 10.8 Å². The highest BCUT2D eigenvalue weighted by molar-refractivity contribution is 7.89. The smallest absolute Gasteiger partial charge is 0.293 e. The van der Waals surface area contributed by atoms with Gasteiger partial charge in [0.1, 0.15) is 5.69 Å². The van der Waals surface area contributed by atoms with Gasteiger partial charge in [-0.05, 0) is 43.1 Å². The van der Waals surface area contributed by atoms with Crippen LogP contribution in [-0.2, 0) is 16.4 Å². The van der Waals surface area contributed by atoms with Gasteiger partial charge in [0.25, 0.3) is 5.69 Å². The van der Waals surface area contributed by atoms with Gasteiger partial charge in [-0.1, -0.05) is 24.3 Å². The third kappa shape index (κ3) is 3.10. The molecule has 0 saturated heterocycles. The molecule has 0 amide bonds. The SMILES string of the molecule is CNS(=O)(=O)c1ccc(N(C)[C@@H]2CCc3ccccc32)c([N+](=O)[O-])c1. The predicted octanol–water partition coefficient (Wildman–Crippen LogP) is 2.63. The van der Waals surface area contributed by atoms with Crippen molar-refractivity contribution >= 4 is 21.4 Å². The first-order chi connectivity index (χ1) is 11.8. The Bertz CT molecular complexity index is 927. The molecule has 0 radical (unpaired) electrons. The van der Waals surface area contributed by atoms with Crippen molar-refractivity contribution in [3.8, 4) is 0 Å². The molecular formula is C17H19N3O4S. The predicted molar refractivity (Wildman–Crippen MR) is 95.2 cm³/mol. The van der Waals surface area contributed by atoms with Crippen molar-refractivity contribution in [2.75, 3.05) is 19.0 Å². The van der Waals surface area contributed by atoms with Crippen LogP contribution in [0.3, 0.4) is 0 Å². The fourth-order valence-electron chi connectivity index (χ4n) is 3.34. The Hall–Kier alpha value is -2.45. The molecule has 0 fully saturated rings. The Morgan fingerprint density at radius 2 is 1.96 bits per heavy atom. The quantitative estimate of drug-likeness (QED) is 0.653. The highest BCUT2D eigenvalue weighted by atomic mass is 32.2. The summed E-state index contributed by atoms with van der Waals surface area (Å²) in [7, 11) is -0.656. The van der Waals surface area contributed by atoms with Gasteiger partial charge in [0, 0.05) is 13.1 Å². The number of sulfonamides is 1. The summed E-state index contributed by atoms with van der Waals surface area (Å²) >= 11 is 0. The van der Waals surface area contributed by atoms with Crippen molar-refractivity contribution < 1.29 is 13.3 Å². The molecule has 8 heteroatoms. The van der Waals surface area contributed by atoms with Crippen LogP contribution in [0.25, 0.3) is 0 Å². The summed E-state index contributed by atoms with van der Waals surface area (Å²) in [6, 6.07) is 12.1. The number of rotatable bonds is 5. The molecule has 1 aliphatic rings. The minimum Gasteiger partial charge on any atom is -0.362 e. The van der Waals surface area contributed by atoms with E-state index in [1.807, 2.05) is 23.1 Å². The second-order valence-electron chi connectivity index (χ2n) is 5.98. The van der Waals surface area contributed by atoms with E-state index < -0.39 is 14.9 Å². The second kappa shape index (κ2) is 6.45. The fourth-order valence-corrected chi connectivity index (χ4v) is 4.09. The van der Waals surface area contributed by atoms with Gasteiger partial charge < -0.3 is 4.90 Å². The molecule has 132 valence electrons. The van der Waals surface area contributed by atoms with Crippen LogP contribution in [0.1, 0.15) is 23.6 Å². The van der Waals surface area contributed by atoms with Gasteiger partial charge in [-0.15, -0.1) is 0 Å². The van der Waals surface area contributed by atoms with Crippen LogP contribution in [0.2, 0.25) is 0 Å². The largest absolute Gasteiger partial charge is 0.362 e. The lowest BCUT2D eigenvalue weighted by atomic mass is 10.1. The van der Waals surface area contributed by atoms with Crippen molar-refractivity contribution in [2.24, 2.45) is 0 Å². The zero-order valence-electron chi connectivity index (χ0n) is 14.0. The first-order valence-corrected chi connectivity index (χ1v) is 9.36. The number of nitro benzene ring substituents is 1. The average Bonchev–Trinajstić information content (AvgIpc) is 3.04. The number of hydrogen-bond acceptors (Lipinski definition) is 5. The Balaban J connectivity index is 2.04. The van der Waals surface area contributed by atoms with Gasteiger partial charge in [0.05, 0.1) is 15.9 Å². The lowest BCUT2D eigenvalue weighted by Gasteiger charge is -2.27. The Labute approximate surface area is 146 Å². The van der Waals surface area contributed by atoms with E-state index in [4.69, 9.17) is 0 Å². The second-order valence-corrected chi connectivity index (χ2v) is 7.87. The van der Waals surface area contributed by atoms with Crippen molar-refractivity contribution in [3.63, 3.8) is 0 Å². The van der Waals surface area contributed by atoms with E-state index >= 15 is 0 Å². The molecule has 0 spiro atoms. The maximum absolute atomic E-state index is 11.9. The summed E-state index contributed by atoms with van der Waals surface area (Å²) in [4.78, 5) is 12.7. The third-order valence-electron chi connectivity index (χ3n) is 4.67. The van der Waals surface area contributed by atoms with Crippen LogP contribution in [0.4, 0.5) is 11.4 Å². The van der Waals surface area contributed by atoms with Crippen molar-refractivity contribution in [2.45, 2.75) is 23.8 Å². The average molecular weight is 361 g/mol. The molecule has 0 bridgehead atoms. The zero-order valence-corrected chi connectivity index (χ0v) is 14.8. The number of nitrogens with one attached hydrogen (secondary N) is 1. The van der Waals surface area contributed by atoms with Crippen LogP contribution in [0, 0.1) is 10.1 Å². The van der Waals surface area contributed by atoms with Gasteiger partial charge in [-0.3, -0.25) is 10.1 Å². The molecule has 0 heterocycles. The number of anilines is 1. The van der Waals surface area contributed by atoms with Gasteiger partial charge in [0.15, 0.2) is 0 Å². The van der Waals surface area contributed by atoms with Crippen LogP contribution in [0.5, 0.6) is 0 Å². The monoisotopic (exact) mass is 361 g/mol. The molecule has 2 aromatic carbocycles. The molecule has 1 atom stereocenters. The van der Waals surface area contributed by atoms with E-state index in [9.17, 15) is 18.5 Å². The third-order valence-corrected chi connectivity index (χ3v) is 6.08. The molecule has 0 saturated carbocycles. The molecule has 0 unspecified atom stereocenters. The van der Waals surface area contributed by atoms with Crippen LogP contribution in [-0.4, -0.2) is 27.4 Å². The number of aryl methyl sites for hydroxylation is 1. The first kappa shape index (κ1) is 17.4. The number of fused-ring (bicyclic) bond motifs is 1.